The second-order valence-corrected chi connectivity index (χ2v) is 4.50. The van der Waals surface area contributed by atoms with Crippen molar-refractivity contribution in [3.63, 3.8) is 0 Å². The second kappa shape index (κ2) is 10.2. The minimum Gasteiger partial charge on any atom is -0.508 e. The van der Waals surface area contributed by atoms with Crippen LogP contribution in [0.4, 0.5) is 0 Å². The van der Waals surface area contributed by atoms with Crippen LogP contribution in [0.3, 0.4) is 0 Å². The lowest BCUT2D eigenvalue weighted by molar-refractivity contribution is 0.469. The molecular formula is C18H24O. The normalized spacial score (nSPS) is 12.1. The van der Waals surface area contributed by atoms with Gasteiger partial charge in [-0.1, -0.05) is 54.7 Å². The SMILES string of the molecule is C/C=C/CC/C=C/CC/C=C/Cc1ccccc1O. The molecule has 0 bridgehead atoms. The third-order valence-corrected chi connectivity index (χ3v) is 2.90. The molecule has 0 amide bonds. The largest absolute Gasteiger partial charge is 0.508 e. The number of unbranched alkanes of at least 4 members (excludes halogenated alkanes) is 2. The lowest BCUT2D eigenvalue weighted by Crippen LogP contribution is -1.81. The molecule has 1 aromatic carbocycles. The van der Waals surface area contributed by atoms with E-state index in [1.165, 1.54) is 0 Å². The van der Waals surface area contributed by atoms with Crippen molar-refractivity contribution < 1.29 is 5.11 Å². The molecule has 0 radical (unpaired) electrons. The van der Waals surface area contributed by atoms with E-state index in [2.05, 4.69) is 43.4 Å². The first-order valence-corrected chi connectivity index (χ1v) is 7.02. The Bertz CT molecular complexity index is 427. The van der Waals surface area contributed by atoms with E-state index < -0.39 is 0 Å². The van der Waals surface area contributed by atoms with Gasteiger partial charge in [0.15, 0.2) is 0 Å². The molecular weight excluding hydrogens is 232 g/mol. The molecule has 0 aliphatic carbocycles. The van der Waals surface area contributed by atoms with Crippen LogP contribution in [0.25, 0.3) is 0 Å². The summed E-state index contributed by atoms with van der Waals surface area (Å²) in [6.45, 7) is 2.05. The summed E-state index contributed by atoms with van der Waals surface area (Å²) < 4.78 is 0. The van der Waals surface area contributed by atoms with Crippen LogP contribution in [-0.4, -0.2) is 5.11 Å². The van der Waals surface area contributed by atoms with Gasteiger partial charge in [0.25, 0.3) is 0 Å². The Kier molecular flexibility index (Phi) is 8.20. The number of rotatable bonds is 8. The Morgan fingerprint density at radius 1 is 0.842 bits per heavy atom. The van der Waals surface area contributed by atoms with Crippen LogP contribution >= 0.6 is 0 Å². The Hall–Kier alpha value is -1.76. The van der Waals surface area contributed by atoms with Gasteiger partial charge in [0.2, 0.25) is 0 Å². The smallest absolute Gasteiger partial charge is 0.119 e. The first-order valence-electron chi connectivity index (χ1n) is 7.02. The van der Waals surface area contributed by atoms with Crippen molar-refractivity contribution in [2.75, 3.05) is 0 Å². The van der Waals surface area contributed by atoms with Gasteiger partial charge in [-0.05, 0) is 50.7 Å². The third-order valence-electron chi connectivity index (χ3n) is 2.90. The molecule has 1 aromatic rings. The summed E-state index contributed by atoms with van der Waals surface area (Å²) in [5.74, 6) is 0.385. The van der Waals surface area contributed by atoms with E-state index in [1.807, 2.05) is 18.2 Å². The number of aromatic hydroxyl groups is 1. The molecule has 1 nitrogen and oxygen atoms in total. The molecule has 0 aliphatic rings. The second-order valence-electron chi connectivity index (χ2n) is 4.50. The maximum atomic E-state index is 9.60. The van der Waals surface area contributed by atoms with Crippen molar-refractivity contribution in [2.45, 2.75) is 39.0 Å². The van der Waals surface area contributed by atoms with Gasteiger partial charge < -0.3 is 5.11 Å². The zero-order valence-electron chi connectivity index (χ0n) is 11.8. The molecule has 0 spiro atoms. The Morgan fingerprint density at radius 3 is 2.05 bits per heavy atom. The Balaban J connectivity index is 2.13. The van der Waals surface area contributed by atoms with Gasteiger partial charge in [0.1, 0.15) is 5.75 Å². The fourth-order valence-corrected chi connectivity index (χ4v) is 1.80. The summed E-state index contributed by atoms with van der Waals surface area (Å²) in [5.41, 5.74) is 0.987. The molecule has 1 rings (SSSR count). The van der Waals surface area contributed by atoms with Gasteiger partial charge in [-0.3, -0.25) is 0 Å². The van der Waals surface area contributed by atoms with Crippen molar-refractivity contribution in [2.24, 2.45) is 0 Å². The lowest BCUT2D eigenvalue weighted by Gasteiger charge is -1.99. The van der Waals surface area contributed by atoms with Crippen LogP contribution in [0, 0.1) is 0 Å². The summed E-state index contributed by atoms with van der Waals surface area (Å²) in [4.78, 5) is 0. The van der Waals surface area contributed by atoms with Crippen LogP contribution in [0.2, 0.25) is 0 Å². The van der Waals surface area contributed by atoms with E-state index in [-0.39, 0.29) is 0 Å². The average molecular weight is 256 g/mol. The maximum Gasteiger partial charge on any atom is 0.119 e. The molecule has 19 heavy (non-hydrogen) atoms. The summed E-state index contributed by atoms with van der Waals surface area (Å²) in [7, 11) is 0. The van der Waals surface area contributed by atoms with Gasteiger partial charge >= 0.3 is 0 Å². The number of phenolic OH excluding ortho intramolecular Hbond substituents is 1. The molecule has 0 aromatic heterocycles. The molecule has 0 heterocycles. The first-order chi connectivity index (χ1) is 9.34. The molecule has 1 heteroatoms. The number of hydrogen-bond acceptors (Lipinski definition) is 1. The van der Waals surface area contributed by atoms with E-state index in [1.54, 1.807) is 6.07 Å². The molecule has 0 atom stereocenters. The number of para-hydroxylation sites is 1. The van der Waals surface area contributed by atoms with Crippen LogP contribution in [0.15, 0.2) is 60.7 Å². The van der Waals surface area contributed by atoms with Gasteiger partial charge in [-0.2, -0.15) is 0 Å². The van der Waals surface area contributed by atoms with Gasteiger partial charge in [0, 0.05) is 0 Å². The van der Waals surface area contributed by atoms with E-state index in [0.717, 1.165) is 37.7 Å². The number of benzene rings is 1. The van der Waals surface area contributed by atoms with Crippen LogP contribution in [0.5, 0.6) is 5.75 Å². The van der Waals surface area contributed by atoms with Crippen molar-refractivity contribution >= 4 is 0 Å². The number of hydrogen-bond donors (Lipinski definition) is 1. The monoisotopic (exact) mass is 256 g/mol. The fourth-order valence-electron chi connectivity index (χ4n) is 1.80. The maximum absolute atomic E-state index is 9.60. The van der Waals surface area contributed by atoms with Crippen molar-refractivity contribution in [3.8, 4) is 5.75 Å². The zero-order chi connectivity index (χ0) is 13.8. The van der Waals surface area contributed by atoms with Crippen LogP contribution < -0.4 is 0 Å². The topological polar surface area (TPSA) is 20.2 Å². The van der Waals surface area contributed by atoms with Crippen molar-refractivity contribution in [1.82, 2.24) is 0 Å². The Labute approximate surface area is 117 Å². The highest BCUT2D eigenvalue weighted by molar-refractivity contribution is 5.33. The molecule has 0 aliphatic heterocycles. The van der Waals surface area contributed by atoms with Crippen molar-refractivity contribution in [3.05, 3.63) is 66.3 Å². The molecule has 102 valence electrons. The minimum absolute atomic E-state index is 0.385. The molecule has 1 N–H and O–H groups in total. The Morgan fingerprint density at radius 2 is 1.42 bits per heavy atom. The van der Waals surface area contributed by atoms with Crippen molar-refractivity contribution in [1.29, 1.82) is 0 Å². The molecule has 0 unspecified atom stereocenters. The molecule has 0 fully saturated rings. The fraction of sp³-hybridized carbons (Fsp3) is 0.333. The van der Waals surface area contributed by atoms with E-state index in [9.17, 15) is 5.11 Å². The highest BCUT2D eigenvalue weighted by atomic mass is 16.3. The zero-order valence-corrected chi connectivity index (χ0v) is 11.8. The summed E-state index contributed by atoms with van der Waals surface area (Å²) in [6.07, 6.45) is 18.3. The summed E-state index contributed by atoms with van der Waals surface area (Å²) in [6, 6.07) is 7.49. The predicted octanol–water partition coefficient (Wildman–Crippen LogP) is 5.18. The van der Waals surface area contributed by atoms with Crippen LogP contribution in [0.1, 0.15) is 38.2 Å². The van der Waals surface area contributed by atoms with Gasteiger partial charge in [-0.25, -0.2) is 0 Å². The lowest BCUT2D eigenvalue weighted by atomic mass is 10.1. The predicted molar refractivity (Wildman–Crippen MR) is 83.4 cm³/mol. The quantitative estimate of drug-likeness (QED) is 0.501. The van der Waals surface area contributed by atoms with E-state index in [0.29, 0.717) is 5.75 Å². The summed E-state index contributed by atoms with van der Waals surface area (Å²) >= 11 is 0. The molecule has 0 saturated heterocycles. The van der Waals surface area contributed by atoms with E-state index in [4.69, 9.17) is 0 Å². The average Bonchev–Trinajstić information content (AvgIpc) is 2.43. The van der Waals surface area contributed by atoms with E-state index >= 15 is 0 Å². The van der Waals surface area contributed by atoms with Crippen LogP contribution in [-0.2, 0) is 6.42 Å². The number of allylic oxidation sites excluding steroid dienone is 6. The summed E-state index contributed by atoms with van der Waals surface area (Å²) in [5, 5.41) is 9.60. The first kappa shape index (κ1) is 15.3. The third kappa shape index (κ3) is 7.30. The number of phenols is 1. The minimum atomic E-state index is 0.385. The molecule has 0 saturated carbocycles. The highest BCUT2D eigenvalue weighted by Crippen LogP contribution is 2.16. The van der Waals surface area contributed by atoms with Gasteiger partial charge in [-0.15, -0.1) is 0 Å². The van der Waals surface area contributed by atoms with Gasteiger partial charge in [0.05, 0.1) is 0 Å². The highest BCUT2D eigenvalue weighted by Gasteiger charge is 1.94. The standard InChI is InChI=1S/C18H24O/c1-2-3-4-5-6-7-8-9-10-11-14-17-15-12-13-16-18(17)19/h2-3,6-7,10-13,15-16,19H,4-5,8-9,14H2,1H3/b3-2+,7-6+,11-10+.